The van der Waals surface area contributed by atoms with Gasteiger partial charge in [0.15, 0.2) is 0 Å². The molecule has 0 bridgehead atoms. The van der Waals surface area contributed by atoms with Crippen LogP contribution in [0.25, 0.3) is 0 Å². The highest BCUT2D eigenvalue weighted by atomic mass is 16.2. The van der Waals surface area contributed by atoms with Crippen molar-refractivity contribution in [3.05, 3.63) is 35.9 Å². The van der Waals surface area contributed by atoms with Gasteiger partial charge in [-0.15, -0.1) is 0 Å². The van der Waals surface area contributed by atoms with Crippen LogP contribution in [0.4, 0.5) is 0 Å². The van der Waals surface area contributed by atoms with E-state index >= 15 is 0 Å². The van der Waals surface area contributed by atoms with Gasteiger partial charge < -0.3 is 10.6 Å². The van der Waals surface area contributed by atoms with Crippen LogP contribution in [0.2, 0.25) is 0 Å². The predicted molar refractivity (Wildman–Crippen MR) is 70.3 cm³/mol. The minimum absolute atomic E-state index is 0.110. The van der Waals surface area contributed by atoms with Crippen LogP contribution < -0.4 is 5.73 Å². The maximum atomic E-state index is 12.2. The molecule has 1 rings (SSSR count). The van der Waals surface area contributed by atoms with Gasteiger partial charge in [0.1, 0.15) is 0 Å². The molecule has 1 unspecified atom stereocenters. The summed E-state index contributed by atoms with van der Waals surface area (Å²) >= 11 is 0. The van der Waals surface area contributed by atoms with Crippen molar-refractivity contribution in [2.75, 3.05) is 6.54 Å². The first-order chi connectivity index (χ1) is 8.06. The number of rotatable bonds is 5. The third kappa shape index (κ3) is 3.86. The van der Waals surface area contributed by atoms with Gasteiger partial charge in [0, 0.05) is 25.0 Å². The van der Waals surface area contributed by atoms with Gasteiger partial charge in [0.05, 0.1) is 0 Å². The van der Waals surface area contributed by atoms with Crippen molar-refractivity contribution in [1.82, 2.24) is 4.90 Å². The molecule has 0 fully saturated rings. The summed E-state index contributed by atoms with van der Waals surface area (Å²) in [6, 6.07) is 10.2. The number of carbonyl (C=O) groups is 1. The number of carbonyl (C=O) groups excluding carboxylic acids is 1. The number of nitrogens with two attached hydrogens (primary N) is 1. The zero-order chi connectivity index (χ0) is 12.8. The molecule has 17 heavy (non-hydrogen) atoms. The van der Waals surface area contributed by atoms with Crippen molar-refractivity contribution in [2.24, 2.45) is 11.7 Å². The van der Waals surface area contributed by atoms with Crippen LogP contribution in [-0.2, 0) is 11.3 Å². The molecular weight excluding hydrogens is 212 g/mol. The fraction of sp³-hybridized carbons (Fsp3) is 0.500. The number of amides is 1. The monoisotopic (exact) mass is 234 g/mol. The van der Waals surface area contributed by atoms with E-state index in [0.29, 0.717) is 13.1 Å². The van der Waals surface area contributed by atoms with E-state index in [9.17, 15) is 4.79 Å². The quantitative estimate of drug-likeness (QED) is 0.847. The molecule has 0 aromatic heterocycles. The molecule has 0 saturated heterocycles. The van der Waals surface area contributed by atoms with Crippen LogP contribution in [-0.4, -0.2) is 23.4 Å². The Bertz CT molecular complexity index is 348. The lowest BCUT2D eigenvalue weighted by atomic mass is 10.1. The zero-order valence-electron chi connectivity index (χ0n) is 10.9. The Morgan fingerprint density at radius 3 is 2.29 bits per heavy atom. The summed E-state index contributed by atoms with van der Waals surface area (Å²) in [4.78, 5) is 14.0. The summed E-state index contributed by atoms with van der Waals surface area (Å²) in [5.74, 6) is 0.0208. The van der Waals surface area contributed by atoms with Crippen LogP contribution in [0.3, 0.4) is 0 Å². The van der Waals surface area contributed by atoms with Gasteiger partial charge >= 0.3 is 0 Å². The molecular formula is C14H22N2O. The lowest BCUT2D eigenvalue weighted by molar-refractivity contribution is -0.137. The van der Waals surface area contributed by atoms with Crippen molar-refractivity contribution in [3.63, 3.8) is 0 Å². The van der Waals surface area contributed by atoms with Crippen molar-refractivity contribution in [1.29, 1.82) is 0 Å². The highest BCUT2D eigenvalue weighted by Gasteiger charge is 2.21. The minimum Gasteiger partial charge on any atom is -0.336 e. The fourth-order valence-corrected chi connectivity index (χ4v) is 1.68. The Morgan fingerprint density at radius 2 is 1.82 bits per heavy atom. The van der Waals surface area contributed by atoms with Gasteiger partial charge in [-0.2, -0.15) is 0 Å². The van der Waals surface area contributed by atoms with E-state index < -0.39 is 0 Å². The molecule has 3 heteroatoms. The smallest absolute Gasteiger partial charge is 0.227 e. The Kier molecular flexibility index (Phi) is 5.16. The van der Waals surface area contributed by atoms with Gasteiger partial charge in [0.25, 0.3) is 0 Å². The summed E-state index contributed by atoms with van der Waals surface area (Å²) in [7, 11) is 0. The Hall–Kier alpha value is -1.35. The Morgan fingerprint density at radius 1 is 1.24 bits per heavy atom. The van der Waals surface area contributed by atoms with Gasteiger partial charge in [-0.05, 0) is 19.4 Å². The highest BCUT2D eigenvalue weighted by Crippen LogP contribution is 2.12. The van der Waals surface area contributed by atoms with Crippen LogP contribution in [0.15, 0.2) is 30.3 Å². The highest BCUT2D eigenvalue weighted by molar-refractivity contribution is 5.79. The molecule has 0 spiro atoms. The molecule has 2 N–H and O–H groups in total. The molecule has 0 saturated carbocycles. The second-order valence-electron chi connectivity index (χ2n) is 4.68. The topological polar surface area (TPSA) is 46.3 Å². The second kappa shape index (κ2) is 6.40. The van der Waals surface area contributed by atoms with Gasteiger partial charge in [-0.25, -0.2) is 0 Å². The number of nitrogens with zero attached hydrogens (tertiary/aromatic N) is 1. The van der Waals surface area contributed by atoms with E-state index in [4.69, 9.17) is 5.73 Å². The average Bonchev–Trinajstić information content (AvgIpc) is 2.35. The zero-order valence-corrected chi connectivity index (χ0v) is 10.9. The van der Waals surface area contributed by atoms with E-state index in [2.05, 4.69) is 0 Å². The van der Waals surface area contributed by atoms with Gasteiger partial charge in [-0.1, -0.05) is 37.3 Å². The van der Waals surface area contributed by atoms with Crippen molar-refractivity contribution in [2.45, 2.75) is 33.4 Å². The van der Waals surface area contributed by atoms with Crippen molar-refractivity contribution in [3.8, 4) is 0 Å². The summed E-state index contributed by atoms with van der Waals surface area (Å²) < 4.78 is 0. The van der Waals surface area contributed by atoms with Gasteiger partial charge in [0.2, 0.25) is 5.91 Å². The molecule has 3 nitrogen and oxygen atoms in total. The molecule has 1 aromatic rings. The summed E-state index contributed by atoms with van der Waals surface area (Å²) in [6.07, 6.45) is 0. The number of benzene rings is 1. The van der Waals surface area contributed by atoms with Crippen molar-refractivity contribution < 1.29 is 4.79 Å². The third-order valence-electron chi connectivity index (χ3n) is 2.88. The molecule has 0 aliphatic carbocycles. The molecule has 0 aliphatic heterocycles. The second-order valence-corrected chi connectivity index (χ2v) is 4.68. The average molecular weight is 234 g/mol. The first kappa shape index (κ1) is 13.7. The molecule has 1 aromatic carbocycles. The Balaban J connectivity index is 2.77. The molecule has 94 valence electrons. The first-order valence-electron chi connectivity index (χ1n) is 6.10. The third-order valence-corrected chi connectivity index (χ3v) is 2.88. The normalized spacial score (nSPS) is 12.5. The van der Waals surface area contributed by atoms with Crippen LogP contribution >= 0.6 is 0 Å². The Labute approximate surface area is 104 Å². The van der Waals surface area contributed by atoms with Crippen molar-refractivity contribution >= 4 is 5.91 Å². The predicted octanol–water partition coefficient (Wildman–Crippen LogP) is 2.02. The first-order valence-corrected chi connectivity index (χ1v) is 6.10. The van der Waals surface area contributed by atoms with Crippen LogP contribution in [0, 0.1) is 5.92 Å². The van der Waals surface area contributed by atoms with Gasteiger partial charge in [-0.3, -0.25) is 4.79 Å². The number of hydrogen-bond acceptors (Lipinski definition) is 2. The standard InChI is InChI=1S/C14H22N2O/c1-11(2)16(14(17)12(3)9-15)10-13-7-5-4-6-8-13/h4-8,11-12H,9-10,15H2,1-3H3. The SMILES string of the molecule is CC(CN)C(=O)N(Cc1ccccc1)C(C)C. The van der Waals surface area contributed by atoms with Crippen LogP contribution in [0.1, 0.15) is 26.3 Å². The number of hydrogen-bond donors (Lipinski definition) is 1. The molecule has 1 atom stereocenters. The maximum Gasteiger partial charge on any atom is 0.227 e. The summed E-state index contributed by atoms with van der Waals surface area (Å²) in [6.45, 7) is 7.00. The maximum absolute atomic E-state index is 12.2. The summed E-state index contributed by atoms with van der Waals surface area (Å²) in [5, 5.41) is 0. The van der Waals surface area contributed by atoms with E-state index in [1.165, 1.54) is 0 Å². The van der Waals surface area contributed by atoms with E-state index in [1.54, 1.807) is 0 Å². The minimum atomic E-state index is -0.110. The molecule has 0 radical (unpaired) electrons. The van der Waals surface area contributed by atoms with E-state index in [1.807, 2.05) is 56.0 Å². The molecule has 0 aliphatic rings. The van der Waals surface area contributed by atoms with E-state index in [-0.39, 0.29) is 17.9 Å². The molecule has 1 amide bonds. The van der Waals surface area contributed by atoms with E-state index in [0.717, 1.165) is 5.56 Å². The molecule has 0 heterocycles. The van der Waals surface area contributed by atoms with Crippen LogP contribution in [0.5, 0.6) is 0 Å². The lowest BCUT2D eigenvalue weighted by Crippen LogP contribution is -2.41. The summed E-state index contributed by atoms with van der Waals surface area (Å²) in [5.41, 5.74) is 6.71. The fourth-order valence-electron chi connectivity index (χ4n) is 1.68. The largest absolute Gasteiger partial charge is 0.336 e. The lowest BCUT2D eigenvalue weighted by Gasteiger charge is -2.29.